The molecule has 1 aromatic rings. The molecule has 1 aromatic carbocycles. The van der Waals surface area contributed by atoms with Crippen LogP contribution in [-0.4, -0.2) is 54.3 Å². The first-order chi connectivity index (χ1) is 11.3. The van der Waals surface area contributed by atoms with E-state index in [2.05, 4.69) is 0 Å². The van der Waals surface area contributed by atoms with E-state index in [9.17, 15) is 22.8 Å². The van der Waals surface area contributed by atoms with Gasteiger partial charge < -0.3 is 15.5 Å². The summed E-state index contributed by atoms with van der Waals surface area (Å²) in [5.74, 6) is -0.457. The highest BCUT2D eigenvalue weighted by atomic mass is 19.4. The van der Waals surface area contributed by atoms with Crippen LogP contribution in [0.2, 0.25) is 0 Å². The molecular weight excluding hydrogens is 323 g/mol. The van der Waals surface area contributed by atoms with Crippen LogP contribution in [0.5, 0.6) is 0 Å². The minimum absolute atomic E-state index is 0.00716. The lowest BCUT2D eigenvalue weighted by atomic mass is 10.1. The van der Waals surface area contributed by atoms with Gasteiger partial charge in [0.05, 0.1) is 5.56 Å². The second-order valence-corrected chi connectivity index (χ2v) is 5.64. The number of carbonyl (C=O) groups excluding carboxylic acids is 2. The molecule has 0 aromatic heterocycles. The average Bonchev–Trinajstić information content (AvgIpc) is 2.58. The number of nitrogens with two attached hydrogens (primary N) is 1. The molecule has 24 heavy (non-hydrogen) atoms. The maximum absolute atomic E-state index is 12.7. The number of benzene rings is 1. The van der Waals surface area contributed by atoms with E-state index in [0.717, 1.165) is 12.1 Å². The van der Waals surface area contributed by atoms with Crippen molar-refractivity contribution >= 4 is 11.8 Å². The Labute approximate surface area is 138 Å². The van der Waals surface area contributed by atoms with Gasteiger partial charge in [-0.05, 0) is 31.2 Å². The van der Waals surface area contributed by atoms with Crippen LogP contribution in [0.1, 0.15) is 28.8 Å². The first-order valence-corrected chi connectivity index (χ1v) is 7.77. The topological polar surface area (TPSA) is 66.6 Å². The van der Waals surface area contributed by atoms with Crippen molar-refractivity contribution in [2.45, 2.75) is 19.0 Å². The molecule has 0 bridgehead atoms. The number of halogens is 3. The van der Waals surface area contributed by atoms with Gasteiger partial charge in [-0.15, -0.1) is 0 Å². The zero-order valence-corrected chi connectivity index (χ0v) is 13.2. The van der Waals surface area contributed by atoms with E-state index < -0.39 is 17.6 Å². The van der Waals surface area contributed by atoms with Gasteiger partial charge in [0.25, 0.3) is 5.91 Å². The molecule has 0 unspecified atom stereocenters. The summed E-state index contributed by atoms with van der Waals surface area (Å²) >= 11 is 0. The minimum Gasteiger partial charge on any atom is -0.339 e. The second kappa shape index (κ2) is 7.65. The standard InChI is InChI=1S/C16H20F3N3O2/c17-16(18,19)13-4-1-3-12(11-13)15(24)22-9-7-21(8-10-22)14(23)5-2-6-20/h1,3-4,11H,2,5-10,20H2. The smallest absolute Gasteiger partial charge is 0.339 e. The van der Waals surface area contributed by atoms with Gasteiger partial charge in [-0.3, -0.25) is 9.59 Å². The van der Waals surface area contributed by atoms with E-state index in [0.29, 0.717) is 45.6 Å². The lowest BCUT2D eigenvalue weighted by Crippen LogP contribution is -2.50. The molecule has 1 aliphatic heterocycles. The number of piperazine rings is 1. The molecule has 0 radical (unpaired) electrons. The third kappa shape index (κ3) is 4.47. The Morgan fingerprint density at radius 3 is 2.29 bits per heavy atom. The first kappa shape index (κ1) is 18.3. The Morgan fingerprint density at radius 1 is 1.08 bits per heavy atom. The largest absolute Gasteiger partial charge is 0.416 e. The third-order valence-electron chi connectivity index (χ3n) is 3.95. The number of nitrogens with zero attached hydrogens (tertiary/aromatic N) is 2. The van der Waals surface area contributed by atoms with Gasteiger partial charge in [-0.1, -0.05) is 6.07 Å². The van der Waals surface area contributed by atoms with Crippen LogP contribution < -0.4 is 5.73 Å². The normalized spacial score (nSPS) is 15.5. The van der Waals surface area contributed by atoms with E-state index in [1.165, 1.54) is 17.0 Å². The van der Waals surface area contributed by atoms with E-state index >= 15 is 0 Å². The molecular formula is C16H20F3N3O2. The maximum Gasteiger partial charge on any atom is 0.416 e. The Bertz CT molecular complexity index is 596. The predicted molar refractivity (Wildman–Crippen MR) is 82.2 cm³/mol. The van der Waals surface area contributed by atoms with E-state index in [4.69, 9.17) is 5.73 Å². The lowest BCUT2D eigenvalue weighted by molar-refractivity contribution is -0.137. The van der Waals surface area contributed by atoms with Crippen molar-refractivity contribution in [3.63, 3.8) is 0 Å². The maximum atomic E-state index is 12.7. The van der Waals surface area contributed by atoms with Crippen molar-refractivity contribution < 1.29 is 22.8 Å². The van der Waals surface area contributed by atoms with Crippen LogP contribution in [0.3, 0.4) is 0 Å². The molecule has 2 rings (SSSR count). The average molecular weight is 343 g/mol. The van der Waals surface area contributed by atoms with Crippen LogP contribution >= 0.6 is 0 Å². The van der Waals surface area contributed by atoms with Crippen molar-refractivity contribution in [3.8, 4) is 0 Å². The lowest BCUT2D eigenvalue weighted by Gasteiger charge is -2.35. The van der Waals surface area contributed by atoms with Crippen molar-refractivity contribution in [1.29, 1.82) is 0 Å². The van der Waals surface area contributed by atoms with E-state index in [-0.39, 0.29) is 11.5 Å². The molecule has 5 nitrogen and oxygen atoms in total. The molecule has 0 aliphatic carbocycles. The highest BCUT2D eigenvalue weighted by Crippen LogP contribution is 2.29. The Balaban J connectivity index is 1.97. The minimum atomic E-state index is -4.48. The van der Waals surface area contributed by atoms with Crippen molar-refractivity contribution in [2.24, 2.45) is 5.73 Å². The van der Waals surface area contributed by atoms with Crippen LogP contribution in [0.25, 0.3) is 0 Å². The van der Waals surface area contributed by atoms with Gasteiger partial charge in [-0.2, -0.15) is 13.2 Å². The molecule has 2 N–H and O–H groups in total. The number of amides is 2. The molecule has 1 aliphatic rings. The Hall–Kier alpha value is -2.09. The summed E-state index contributed by atoms with van der Waals surface area (Å²) in [7, 11) is 0. The van der Waals surface area contributed by atoms with Crippen LogP contribution in [0.15, 0.2) is 24.3 Å². The Morgan fingerprint density at radius 2 is 1.71 bits per heavy atom. The van der Waals surface area contributed by atoms with Crippen molar-refractivity contribution in [3.05, 3.63) is 35.4 Å². The van der Waals surface area contributed by atoms with Gasteiger partial charge in [0.2, 0.25) is 5.91 Å². The van der Waals surface area contributed by atoms with Crippen LogP contribution in [0, 0.1) is 0 Å². The predicted octanol–water partition coefficient (Wildman–Crippen LogP) is 1.73. The first-order valence-electron chi connectivity index (χ1n) is 7.77. The Kier molecular flexibility index (Phi) is 5.82. The number of hydrogen-bond acceptors (Lipinski definition) is 3. The highest BCUT2D eigenvalue weighted by Gasteiger charge is 2.32. The van der Waals surface area contributed by atoms with Crippen LogP contribution in [0.4, 0.5) is 13.2 Å². The fourth-order valence-corrected chi connectivity index (χ4v) is 2.58. The zero-order chi connectivity index (χ0) is 17.7. The molecule has 132 valence electrons. The summed E-state index contributed by atoms with van der Waals surface area (Å²) in [6.07, 6.45) is -3.50. The molecule has 0 saturated carbocycles. The summed E-state index contributed by atoms with van der Waals surface area (Å²) in [4.78, 5) is 27.4. The monoisotopic (exact) mass is 343 g/mol. The molecule has 0 atom stereocenters. The SMILES string of the molecule is NCCCC(=O)N1CCN(C(=O)c2cccc(C(F)(F)F)c2)CC1. The number of alkyl halides is 3. The van der Waals surface area contributed by atoms with E-state index in [1.807, 2.05) is 0 Å². The quantitative estimate of drug-likeness (QED) is 0.905. The number of rotatable bonds is 4. The summed E-state index contributed by atoms with van der Waals surface area (Å²) < 4.78 is 38.2. The molecule has 1 saturated heterocycles. The van der Waals surface area contributed by atoms with E-state index in [1.54, 1.807) is 4.90 Å². The zero-order valence-electron chi connectivity index (χ0n) is 13.2. The summed E-state index contributed by atoms with van der Waals surface area (Å²) in [6.45, 7) is 1.83. The number of carbonyl (C=O) groups is 2. The van der Waals surface area contributed by atoms with Gasteiger partial charge in [0, 0.05) is 38.2 Å². The van der Waals surface area contributed by atoms with Gasteiger partial charge in [0.1, 0.15) is 0 Å². The van der Waals surface area contributed by atoms with Crippen molar-refractivity contribution in [1.82, 2.24) is 9.80 Å². The third-order valence-corrected chi connectivity index (χ3v) is 3.95. The van der Waals surface area contributed by atoms with Crippen molar-refractivity contribution in [2.75, 3.05) is 32.7 Å². The highest BCUT2D eigenvalue weighted by molar-refractivity contribution is 5.94. The van der Waals surface area contributed by atoms with Gasteiger partial charge in [-0.25, -0.2) is 0 Å². The molecule has 1 fully saturated rings. The molecule has 2 amide bonds. The summed E-state index contributed by atoms with van der Waals surface area (Å²) in [5, 5.41) is 0. The van der Waals surface area contributed by atoms with Gasteiger partial charge in [0.15, 0.2) is 0 Å². The summed E-state index contributed by atoms with van der Waals surface area (Å²) in [5.41, 5.74) is 4.54. The fraction of sp³-hybridized carbons (Fsp3) is 0.500. The molecule has 8 heteroatoms. The fourth-order valence-electron chi connectivity index (χ4n) is 2.58. The van der Waals surface area contributed by atoms with Gasteiger partial charge >= 0.3 is 6.18 Å². The second-order valence-electron chi connectivity index (χ2n) is 5.64. The number of hydrogen-bond donors (Lipinski definition) is 1. The van der Waals surface area contributed by atoms with Crippen LogP contribution in [-0.2, 0) is 11.0 Å². The summed E-state index contributed by atoms with van der Waals surface area (Å²) in [6, 6.07) is 4.39. The molecule has 1 heterocycles. The molecule has 0 spiro atoms.